The van der Waals surface area contributed by atoms with E-state index in [0.29, 0.717) is 15.8 Å². The maximum absolute atomic E-state index is 12.5. The van der Waals surface area contributed by atoms with Crippen molar-refractivity contribution in [3.8, 4) is 0 Å². The highest BCUT2D eigenvalue weighted by Gasteiger charge is 2.29. The topological polar surface area (TPSA) is 72.2 Å². The predicted octanol–water partition coefficient (Wildman–Crippen LogP) is 2.79. The first-order chi connectivity index (χ1) is 9.33. The molecular formula is C13H19ClN2O2S2. The molecule has 1 aliphatic carbocycles. The summed E-state index contributed by atoms with van der Waals surface area (Å²) in [7, 11) is -3.54. The maximum atomic E-state index is 12.5. The van der Waals surface area contributed by atoms with Crippen LogP contribution in [-0.4, -0.2) is 26.0 Å². The second-order valence-corrected chi connectivity index (χ2v) is 8.36. The fraction of sp³-hybridized carbons (Fsp3) is 0.538. The number of anilines is 1. The molecule has 1 aliphatic rings. The molecule has 0 bridgehead atoms. The van der Waals surface area contributed by atoms with Crippen molar-refractivity contribution >= 4 is 39.1 Å². The first-order valence-corrected chi connectivity index (χ1v) is 9.59. The molecule has 3 N–H and O–H groups in total. The van der Waals surface area contributed by atoms with Gasteiger partial charge in [-0.05, 0) is 50.1 Å². The van der Waals surface area contributed by atoms with Crippen LogP contribution in [0.1, 0.15) is 24.8 Å². The number of nitrogens with one attached hydrogen (secondary N) is 1. The zero-order valence-electron chi connectivity index (χ0n) is 11.5. The number of nitrogen functional groups attached to an aromatic ring is 1. The number of thioether (sulfide) groups is 1. The average molecular weight is 335 g/mol. The Labute approximate surface area is 129 Å². The van der Waals surface area contributed by atoms with Crippen LogP contribution in [-0.2, 0) is 10.0 Å². The highest BCUT2D eigenvalue weighted by molar-refractivity contribution is 7.99. The monoisotopic (exact) mass is 334 g/mol. The van der Waals surface area contributed by atoms with E-state index >= 15 is 0 Å². The number of hydrogen-bond acceptors (Lipinski definition) is 4. The number of hydrogen-bond donors (Lipinski definition) is 2. The van der Waals surface area contributed by atoms with E-state index in [1.165, 1.54) is 6.07 Å². The van der Waals surface area contributed by atoms with Gasteiger partial charge in [-0.25, -0.2) is 13.1 Å². The third-order valence-electron chi connectivity index (χ3n) is 3.62. The lowest BCUT2D eigenvalue weighted by Crippen LogP contribution is -2.33. The summed E-state index contributed by atoms with van der Waals surface area (Å²) in [5.41, 5.74) is 6.60. The second-order valence-electron chi connectivity index (χ2n) is 5.13. The van der Waals surface area contributed by atoms with E-state index in [-0.39, 0.29) is 16.6 Å². The number of benzene rings is 1. The molecule has 0 spiro atoms. The van der Waals surface area contributed by atoms with Crippen LogP contribution < -0.4 is 10.5 Å². The predicted molar refractivity (Wildman–Crippen MR) is 85.9 cm³/mol. The molecule has 4 nitrogen and oxygen atoms in total. The van der Waals surface area contributed by atoms with Crippen molar-refractivity contribution in [1.29, 1.82) is 0 Å². The smallest absolute Gasteiger partial charge is 0.241 e. The van der Waals surface area contributed by atoms with Crippen LogP contribution in [0.4, 0.5) is 5.69 Å². The van der Waals surface area contributed by atoms with Crippen molar-refractivity contribution in [3.05, 3.63) is 22.7 Å². The van der Waals surface area contributed by atoms with Crippen molar-refractivity contribution in [3.63, 3.8) is 0 Å². The third kappa shape index (κ3) is 3.42. The van der Waals surface area contributed by atoms with Crippen molar-refractivity contribution in [2.75, 3.05) is 12.0 Å². The van der Waals surface area contributed by atoms with Crippen molar-refractivity contribution in [2.24, 2.45) is 0 Å². The summed E-state index contributed by atoms with van der Waals surface area (Å²) in [6, 6.07) is 3.03. The molecule has 0 aromatic heterocycles. The van der Waals surface area contributed by atoms with Crippen LogP contribution >= 0.6 is 23.4 Å². The molecule has 0 radical (unpaired) electrons. The Bertz CT molecular complexity index is 605. The average Bonchev–Trinajstić information content (AvgIpc) is 2.80. The van der Waals surface area contributed by atoms with Gasteiger partial charge in [0.15, 0.2) is 0 Å². The summed E-state index contributed by atoms with van der Waals surface area (Å²) < 4.78 is 27.7. The van der Waals surface area contributed by atoms with Gasteiger partial charge < -0.3 is 5.73 Å². The zero-order chi connectivity index (χ0) is 14.9. The summed E-state index contributed by atoms with van der Waals surface area (Å²) >= 11 is 7.69. The molecule has 1 fully saturated rings. The van der Waals surface area contributed by atoms with Crippen molar-refractivity contribution in [2.45, 2.75) is 42.4 Å². The Morgan fingerprint density at radius 2 is 2.10 bits per heavy atom. The number of rotatable bonds is 4. The van der Waals surface area contributed by atoms with Crippen LogP contribution in [0.15, 0.2) is 17.0 Å². The lowest BCUT2D eigenvalue weighted by Gasteiger charge is -2.15. The molecule has 20 heavy (non-hydrogen) atoms. The molecule has 1 aromatic carbocycles. The molecule has 2 atom stereocenters. The fourth-order valence-corrected chi connectivity index (χ4v) is 5.06. The van der Waals surface area contributed by atoms with Gasteiger partial charge in [-0.15, -0.1) is 0 Å². The normalized spacial score (nSPS) is 23.1. The van der Waals surface area contributed by atoms with Gasteiger partial charge >= 0.3 is 0 Å². The van der Waals surface area contributed by atoms with Crippen LogP contribution in [0.5, 0.6) is 0 Å². The second kappa shape index (κ2) is 6.13. The summed E-state index contributed by atoms with van der Waals surface area (Å²) in [4.78, 5) is 0.215. The number of sulfonamides is 1. The number of aryl methyl sites for hydroxylation is 1. The highest BCUT2D eigenvalue weighted by Crippen LogP contribution is 2.30. The SMILES string of the molecule is CSC1CCC(NS(=O)(=O)c2cc(N)c(Cl)cc2C)C1. The Morgan fingerprint density at radius 3 is 2.70 bits per heavy atom. The van der Waals surface area contributed by atoms with Gasteiger partial charge in [-0.2, -0.15) is 11.8 Å². The van der Waals surface area contributed by atoms with E-state index in [2.05, 4.69) is 11.0 Å². The summed E-state index contributed by atoms with van der Waals surface area (Å²) in [5, 5.41) is 0.920. The molecule has 2 unspecified atom stereocenters. The van der Waals surface area contributed by atoms with Gasteiger partial charge in [0, 0.05) is 11.3 Å². The molecule has 112 valence electrons. The van der Waals surface area contributed by atoms with E-state index in [1.54, 1.807) is 24.8 Å². The van der Waals surface area contributed by atoms with Crippen LogP contribution in [0.2, 0.25) is 5.02 Å². The first kappa shape index (κ1) is 15.9. The Balaban J connectivity index is 2.21. The molecule has 0 heterocycles. The van der Waals surface area contributed by atoms with Gasteiger partial charge in [-0.1, -0.05) is 11.6 Å². The van der Waals surface area contributed by atoms with E-state index in [4.69, 9.17) is 17.3 Å². The highest BCUT2D eigenvalue weighted by atomic mass is 35.5. The minimum absolute atomic E-state index is 0.00810. The lowest BCUT2D eigenvalue weighted by atomic mass is 10.2. The molecule has 1 aromatic rings. The van der Waals surface area contributed by atoms with E-state index < -0.39 is 10.0 Å². The lowest BCUT2D eigenvalue weighted by molar-refractivity contribution is 0.552. The third-order valence-corrected chi connectivity index (χ3v) is 6.71. The molecule has 0 amide bonds. The quantitative estimate of drug-likeness (QED) is 0.830. The van der Waals surface area contributed by atoms with E-state index in [0.717, 1.165) is 19.3 Å². The summed E-state index contributed by atoms with van der Waals surface area (Å²) in [6.07, 6.45) is 4.87. The zero-order valence-corrected chi connectivity index (χ0v) is 13.9. The Hall–Kier alpha value is -0.430. The molecular weight excluding hydrogens is 316 g/mol. The van der Waals surface area contributed by atoms with Crippen LogP contribution in [0.25, 0.3) is 0 Å². The van der Waals surface area contributed by atoms with Gasteiger partial charge in [0.05, 0.1) is 15.6 Å². The minimum atomic E-state index is -3.54. The standard InChI is InChI=1S/C13H19ClN2O2S2/c1-8-5-11(14)12(15)7-13(8)20(17,18)16-9-3-4-10(6-9)19-2/h5,7,9-10,16H,3-4,6,15H2,1-2H3. The molecule has 0 saturated heterocycles. The summed E-state index contributed by atoms with van der Waals surface area (Å²) in [5.74, 6) is 0. The van der Waals surface area contributed by atoms with Gasteiger partial charge in [0.2, 0.25) is 10.0 Å². The maximum Gasteiger partial charge on any atom is 0.241 e. The van der Waals surface area contributed by atoms with E-state index in [9.17, 15) is 8.42 Å². The fourth-order valence-electron chi connectivity index (χ4n) is 2.50. The summed E-state index contributed by atoms with van der Waals surface area (Å²) in [6.45, 7) is 1.72. The van der Waals surface area contributed by atoms with Crippen molar-refractivity contribution in [1.82, 2.24) is 4.72 Å². The molecule has 0 aliphatic heterocycles. The molecule has 2 rings (SSSR count). The largest absolute Gasteiger partial charge is 0.397 e. The Kier molecular flexibility index (Phi) is 4.89. The van der Waals surface area contributed by atoms with Crippen LogP contribution in [0.3, 0.4) is 0 Å². The van der Waals surface area contributed by atoms with Crippen LogP contribution in [0, 0.1) is 6.92 Å². The molecule has 7 heteroatoms. The number of nitrogens with two attached hydrogens (primary N) is 1. The van der Waals surface area contributed by atoms with Gasteiger partial charge in [0.1, 0.15) is 0 Å². The van der Waals surface area contributed by atoms with Gasteiger partial charge in [0.25, 0.3) is 0 Å². The molecule has 1 saturated carbocycles. The minimum Gasteiger partial charge on any atom is -0.397 e. The Morgan fingerprint density at radius 1 is 1.40 bits per heavy atom. The first-order valence-electron chi connectivity index (χ1n) is 6.44. The van der Waals surface area contributed by atoms with Gasteiger partial charge in [-0.3, -0.25) is 0 Å². The number of halogens is 1. The van der Waals surface area contributed by atoms with E-state index in [1.807, 2.05) is 0 Å². The van der Waals surface area contributed by atoms with Crippen molar-refractivity contribution < 1.29 is 8.42 Å².